The summed E-state index contributed by atoms with van der Waals surface area (Å²) in [6, 6.07) is 6.00. The minimum Gasteiger partial charge on any atom is -0.396 e. The molecule has 15 heavy (non-hydrogen) atoms. The van der Waals surface area contributed by atoms with E-state index in [9.17, 15) is 0 Å². The molecular weight excluding hydrogens is 185 g/mol. The Balaban J connectivity index is 2.27. The Hall–Kier alpha value is -0.795. The van der Waals surface area contributed by atoms with Crippen molar-refractivity contribution in [3.8, 4) is 0 Å². The van der Waals surface area contributed by atoms with Crippen molar-refractivity contribution in [3.63, 3.8) is 0 Å². The SMILES string of the molecule is [B]c1cccc2c1CCC(N)(CCO)C2. The van der Waals surface area contributed by atoms with Gasteiger partial charge in [-0.2, -0.15) is 0 Å². The molecule has 2 radical (unpaired) electrons. The van der Waals surface area contributed by atoms with Gasteiger partial charge in [0.2, 0.25) is 0 Å². The van der Waals surface area contributed by atoms with Crippen molar-refractivity contribution in [1.29, 1.82) is 0 Å². The van der Waals surface area contributed by atoms with Crippen LogP contribution in [-0.4, -0.2) is 25.1 Å². The lowest BCUT2D eigenvalue weighted by Crippen LogP contribution is -2.46. The van der Waals surface area contributed by atoms with Gasteiger partial charge in [-0.25, -0.2) is 0 Å². The van der Waals surface area contributed by atoms with Gasteiger partial charge in [0.05, 0.1) is 0 Å². The lowest BCUT2D eigenvalue weighted by atomic mass is 9.73. The fourth-order valence-electron chi connectivity index (χ4n) is 2.40. The van der Waals surface area contributed by atoms with Crippen LogP contribution in [0.15, 0.2) is 18.2 Å². The lowest BCUT2D eigenvalue weighted by Gasteiger charge is -2.35. The van der Waals surface area contributed by atoms with Crippen LogP contribution in [0.5, 0.6) is 0 Å². The van der Waals surface area contributed by atoms with E-state index in [1.165, 1.54) is 11.1 Å². The second-order valence-electron chi connectivity index (χ2n) is 4.50. The van der Waals surface area contributed by atoms with E-state index in [4.69, 9.17) is 18.7 Å². The molecule has 0 spiro atoms. The van der Waals surface area contributed by atoms with Crippen LogP contribution in [0, 0.1) is 0 Å². The predicted octanol–water partition coefficient (Wildman–Crippen LogP) is 0.0490. The van der Waals surface area contributed by atoms with Crippen molar-refractivity contribution in [1.82, 2.24) is 0 Å². The highest BCUT2D eigenvalue weighted by atomic mass is 16.3. The van der Waals surface area contributed by atoms with Gasteiger partial charge in [0, 0.05) is 12.1 Å². The summed E-state index contributed by atoms with van der Waals surface area (Å²) in [4.78, 5) is 0. The Kier molecular flexibility index (Phi) is 2.85. The van der Waals surface area contributed by atoms with Crippen LogP contribution in [0.25, 0.3) is 0 Å². The highest BCUT2D eigenvalue weighted by molar-refractivity contribution is 6.33. The summed E-state index contributed by atoms with van der Waals surface area (Å²) in [6.07, 6.45) is 3.34. The molecule has 3 N–H and O–H groups in total. The molecule has 0 heterocycles. The Bertz CT molecular complexity index is 367. The summed E-state index contributed by atoms with van der Waals surface area (Å²) in [6.45, 7) is 0.161. The average molecular weight is 201 g/mol. The van der Waals surface area contributed by atoms with Crippen LogP contribution in [-0.2, 0) is 12.8 Å². The van der Waals surface area contributed by atoms with Crippen LogP contribution in [0.4, 0.5) is 0 Å². The van der Waals surface area contributed by atoms with E-state index < -0.39 is 0 Å². The molecule has 0 bridgehead atoms. The van der Waals surface area contributed by atoms with E-state index in [0.29, 0.717) is 6.42 Å². The van der Waals surface area contributed by atoms with Crippen molar-refractivity contribution in [2.45, 2.75) is 31.2 Å². The Morgan fingerprint density at radius 1 is 1.47 bits per heavy atom. The maximum atomic E-state index is 8.98. The smallest absolute Gasteiger partial charge is 0.114 e. The van der Waals surface area contributed by atoms with Gasteiger partial charge >= 0.3 is 0 Å². The van der Waals surface area contributed by atoms with Crippen LogP contribution in [0.2, 0.25) is 0 Å². The van der Waals surface area contributed by atoms with Gasteiger partial charge in [-0.05, 0) is 31.2 Å². The zero-order valence-electron chi connectivity index (χ0n) is 8.87. The predicted molar refractivity (Wildman–Crippen MR) is 62.5 cm³/mol. The molecule has 2 rings (SSSR count). The standard InChI is InChI=1S/C12H16BNO/c13-11-3-1-2-9-8-12(14,6-7-15)5-4-10(9)11/h1-3,15H,4-8,14H2. The van der Waals surface area contributed by atoms with E-state index in [1.54, 1.807) is 0 Å². The van der Waals surface area contributed by atoms with Gasteiger partial charge in [0.1, 0.15) is 7.85 Å². The third kappa shape index (κ3) is 2.08. The molecule has 0 aliphatic heterocycles. The fraction of sp³-hybridized carbons (Fsp3) is 0.500. The molecule has 1 aromatic rings. The second kappa shape index (κ2) is 3.99. The van der Waals surface area contributed by atoms with Gasteiger partial charge in [-0.15, -0.1) is 0 Å². The third-order valence-corrected chi connectivity index (χ3v) is 3.33. The average Bonchev–Trinajstić information content (AvgIpc) is 2.17. The zero-order chi connectivity index (χ0) is 10.9. The van der Waals surface area contributed by atoms with E-state index in [0.717, 1.165) is 24.7 Å². The fourth-order valence-corrected chi connectivity index (χ4v) is 2.40. The number of aliphatic hydroxyl groups is 1. The quantitative estimate of drug-likeness (QED) is 0.664. The third-order valence-electron chi connectivity index (χ3n) is 3.33. The molecule has 78 valence electrons. The molecule has 2 nitrogen and oxygen atoms in total. The van der Waals surface area contributed by atoms with Gasteiger partial charge in [-0.1, -0.05) is 29.2 Å². The number of rotatable bonds is 2. The normalized spacial score (nSPS) is 24.9. The highest BCUT2D eigenvalue weighted by Crippen LogP contribution is 2.27. The molecule has 1 atom stereocenters. The van der Waals surface area contributed by atoms with E-state index >= 15 is 0 Å². The number of hydrogen-bond donors (Lipinski definition) is 2. The first-order valence-corrected chi connectivity index (χ1v) is 5.41. The van der Waals surface area contributed by atoms with E-state index in [-0.39, 0.29) is 12.1 Å². The van der Waals surface area contributed by atoms with Crippen LogP contribution in [0.1, 0.15) is 24.0 Å². The number of fused-ring (bicyclic) bond motifs is 1. The van der Waals surface area contributed by atoms with Crippen LogP contribution >= 0.6 is 0 Å². The topological polar surface area (TPSA) is 46.2 Å². The second-order valence-corrected chi connectivity index (χ2v) is 4.50. The summed E-state index contributed by atoms with van der Waals surface area (Å²) < 4.78 is 0. The van der Waals surface area contributed by atoms with E-state index in [2.05, 4.69) is 6.07 Å². The Morgan fingerprint density at radius 2 is 2.27 bits per heavy atom. The molecule has 0 fully saturated rings. The molecule has 0 saturated carbocycles. The monoisotopic (exact) mass is 201 g/mol. The number of aliphatic hydroxyl groups excluding tert-OH is 1. The van der Waals surface area contributed by atoms with Gasteiger partial charge < -0.3 is 10.8 Å². The summed E-state index contributed by atoms with van der Waals surface area (Å²) in [7, 11) is 5.91. The largest absolute Gasteiger partial charge is 0.396 e. The number of hydrogen-bond acceptors (Lipinski definition) is 2. The maximum Gasteiger partial charge on any atom is 0.114 e. The molecule has 1 aliphatic rings. The first-order chi connectivity index (χ1) is 7.14. The molecule has 0 saturated heterocycles. The summed E-state index contributed by atoms with van der Waals surface area (Å²) in [5, 5.41) is 8.98. The first-order valence-electron chi connectivity index (χ1n) is 5.41. The van der Waals surface area contributed by atoms with E-state index in [1.807, 2.05) is 12.1 Å². The Labute approximate surface area is 91.9 Å². The molecule has 1 aromatic carbocycles. The van der Waals surface area contributed by atoms with Crippen LogP contribution < -0.4 is 11.2 Å². The molecule has 0 aromatic heterocycles. The van der Waals surface area contributed by atoms with Gasteiger partial charge in [0.15, 0.2) is 0 Å². The van der Waals surface area contributed by atoms with Gasteiger partial charge in [-0.3, -0.25) is 0 Å². The first kappa shape index (κ1) is 10.7. The zero-order valence-corrected chi connectivity index (χ0v) is 8.87. The lowest BCUT2D eigenvalue weighted by molar-refractivity contribution is 0.225. The molecule has 1 unspecified atom stereocenters. The summed E-state index contributed by atoms with van der Waals surface area (Å²) in [5.74, 6) is 0. The van der Waals surface area contributed by atoms with Crippen molar-refractivity contribution in [3.05, 3.63) is 29.3 Å². The molecular formula is C12H16BNO. The van der Waals surface area contributed by atoms with Crippen LogP contribution in [0.3, 0.4) is 0 Å². The van der Waals surface area contributed by atoms with Crippen molar-refractivity contribution >= 4 is 13.3 Å². The van der Waals surface area contributed by atoms with Crippen molar-refractivity contribution < 1.29 is 5.11 Å². The molecule has 3 heteroatoms. The van der Waals surface area contributed by atoms with Gasteiger partial charge in [0.25, 0.3) is 0 Å². The molecule has 1 aliphatic carbocycles. The van der Waals surface area contributed by atoms with Crippen molar-refractivity contribution in [2.75, 3.05) is 6.61 Å². The summed E-state index contributed by atoms with van der Waals surface area (Å²) >= 11 is 0. The number of nitrogens with two attached hydrogens (primary N) is 1. The minimum absolute atomic E-state index is 0.161. The minimum atomic E-state index is -0.241. The molecule has 0 amide bonds. The Morgan fingerprint density at radius 3 is 3.00 bits per heavy atom. The van der Waals surface area contributed by atoms with Crippen molar-refractivity contribution in [2.24, 2.45) is 5.73 Å². The number of benzene rings is 1. The maximum absolute atomic E-state index is 8.98. The summed E-state index contributed by atoms with van der Waals surface area (Å²) in [5.41, 5.74) is 9.36. The highest BCUT2D eigenvalue weighted by Gasteiger charge is 2.29.